The van der Waals surface area contributed by atoms with Crippen molar-refractivity contribution in [2.24, 2.45) is 0 Å². The van der Waals surface area contributed by atoms with Crippen LogP contribution in [0.4, 0.5) is 4.39 Å². The van der Waals surface area contributed by atoms with Crippen LogP contribution in [0.15, 0.2) is 18.2 Å². The Hall–Kier alpha value is -1.25. The second-order valence-corrected chi connectivity index (χ2v) is 2.75. The first kappa shape index (κ1) is 8.84. The molecule has 2 nitrogen and oxygen atoms in total. The SMILES string of the molecule is CC(C)Oc1c(O)cccc1F. The van der Waals surface area contributed by atoms with Crippen molar-refractivity contribution in [2.75, 3.05) is 0 Å². The van der Waals surface area contributed by atoms with Gasteiger partial charge in [0.25, 0.3) is 0 Å². The molecule has 0 saturated heterocycles. The fraction of sp³-hybridized carbons (Fsp3) is 0.333. The summed E-state index contributed by atoms with van der Waals surface area (Å²) in [6.45, 7) is 3.54. The van der Waals surface area contributed by atoms with E-state index < -0.39 is 5.82 Å². The van der Waals surface area contributed by atoms with Gasteiger partial charge >= 0.3 is 0 Å². The first-order valence-electron chi connectivity index (χ1n) is 3.75. The van der Waals surface area contributed by atoms with E-state index in [9.17, 15) is 9.50 Å². The summed E-state index contributed by atoms with van der Waals surface area (Å²) in [5, 5.41) is 9.18. The highest BCUT2D eigenvalue weighted by atomic mass is 19.1. The fourth-order valence-corrected chi connectivity index (χ4v) is 0.850. The molecule has 0 amide bonds. The van der Waals surface area contributed by atoms with Gasteiger partial charge in [0.1, 0.15) is 0 Å². The molecule has 0 aliphatic rings. The van der Waals surface area contributed by atoms with Gasteiger partial charge in [-0.1, -0.05) is 6.07 Å². The average molecular weight is 170 g/mol. The fourth-order valence-electron chi connectivity index (χ4n) is 0.850. The molecule has 1 aromatic rings. The van der Waals surface area contributed by atoms with Crippen molar-refractivity contribution in [1.29, 1.82) is 0 Å². The molecule has 0 unspecified atom stereocenters. The van der Waals surface area contributed by atoms with Gasteiger partial charge in [-0.2, -0.15) is 0 Å². The van der Waals surface area contributed by atoms with Gasteiger partial charge in [0, 0.05) is 0 Å². The summed E-state index contributed by atoms with van der Waals surface area (Å²) in [6.07, 6.45) is -0.146. The van der Waals surface area contributed by atoms with E-state index in [1.54, 1.807) is 13.8 Å². The smallest absolute Gasteiger partial charge is 0.197 e. The number of phenolic OH excluding ortho intramolecular Hbond substituents is 1. The molecule has 1 aromatic carbocycles. The third-order valence-electron chi connectivity index (χ3n) is 1.30. The standard InChI is InChI=1S/C9H11FO2/c1-6(2)12-9-7(10)4-3-5-8(9)11/h3-6,11H,1-2H3. The molecular formula is C9H11FO2. The highest BCUT2D eigenvalue weighted by molar-refractivity contribution is 5.39. The predicted octanol–water partition coefficient (Wildman–Crippen LogP) is 2.32. The normalized spacial score (nSPS) is 10.3. The molecule has 0 spiro atoms. The Kier molecular flexibility index (Phi) is 2.53. The van der Waals surface area contributed by atoms with Crippen LogP contribution in [0.1, 0.15) is 13.8 Å². The summed E-state index contributed by atoms with van der Waals surface area (Å²) in [5.74, 6) is -0.778. The summed E-state index contributed by atoms with van der Waals surface area (Å²) in [4.78, 5) is 0. The zero-order chi connectivity index (χ0) is 9.14. The molecule has 3 heteroatoms. The molecule has 0 atom stereocenters. The van der Waals surface area contributed by atoms with Crippen molar-refractivity contribution in [2.45, 2.75) is 20.0 Å². The lowest BCUT2D eigenvalue weighted by Gasteiger charge is -2.11. The average Bonchev–Trinajstić information content (AvgIpc) is 1.97. The lowest BCUT2D eigenvalue weighted by Crippen LogP contribution is -2.06. The van der Waals surface area contributed by atoms with E-state index >= 15 is 0 Å². The second kappa shape index (κ2) is 3.43. The van der Waals surface area contributed by atoms with Gasteiger partial charge in [-0.25, -0.2) is 4.39 Å². The van der Waals surface area contributed by atoms with Crippen LogP contribution in [0.2, 0.25) is 0 Å². The molecule has 0 fully saturated rings. The minimum Gasteiger partial charge on any atom is -0.504 e. The largest absolute Gasteiger partial charge is 0.504 e. The summed E-state index contributed by atoms with van der Waals surface area (Å²) >= 11 is 0. The Bertz CT molecular complexity index is 251. The maximum Gasteiger partial charge on any atom is 0.197 e. The van der Waals surface area contributed by atoms with Crippen molar-refractivity contribution in [1.82, 2.24) is 0 Å². The van der Waals surface area contributed by atoms with Crippen LogP contribution in [0, 0.1) is 5.82 Å². The van der Waals surface area contributed by atoms with Crippen LogP contribution < -0.4 is 4.74 Å². The highest BCUT2D eigenvalue weighted by Crippen LogP contribution is 2.29. The number of aromatic hydroxyl groups is 1. The number of para-hydroxylation sites is 1. The van der Waals surface area contributed by atoms with E-state index in [4.69, 9.17) is 4.74 Å². The molecule has 1 N–H and O–H groups in total. The zero-order valence-corrected chi connectivity index (χ0v) is 7.04. The molecule has 0 bridgehead atoms. The van der Waals surface area contributed by atoms with Gasteiger partial charge < -0.3 is 9.84 Å². The zero-order valence-electron chi connectivity index (χ0n) is 7.04. The number of halogens is 1. The highest BCUT2D eigenvalue weighted by Gasteiger charge is 2.09. The molecule has 0 aliphatic heterocycles. The lowest BCUT2D eigenvalue weighted by atomic mass is 10.3. The molecule has 0 radical (unpaired) electrons. The third kappa shape index (κ3) is 1.87. The monoisotopic (exact) mass is 170 g/mol. The topological polar surface area (TPSA) is 29.5 Å². The van der Waals surface area contributed by atoms with E-state index in [-0.39, 0.29) is 17.6 Å². The lowest BCUT2D eigenvalue weighted by molar-refractivity contribution is 0.220. The second-order valence-electron chi connectivity index (χ2n) is 2.75. The van der Waals surface area contributed by atoms with E-state index in [0.29, 0.717) is 0 Å². The van der Waals surface area contributed by atoms with E-state index in [1.165, 1.54) is 18.2 Å². The third-order valence-corrected chi connectivity index (χ3v) is 1.30. The van der Waals surface area contributed by atoms with Crippen LogP contribution in [-0.4, -0.2) is 11.2 Å². The van der Waals surface area contributed by atoms with Crippen LogP contribution in [0.25, 0.3) is 0 Å². The van der Waals surface area contributed by atoms with Gasteiger partial charge in [0.2, 0.25) is 0 Å². The number of rotatable bonds is 2. The van der Waals surface area contributed by atoms with Crippen LogP contribution in [0.3, 0.4) is 0 Å². The summed E-state index contributed by atoms with van der Waals surface area (Å²) in [7, 11) is 0. The van der Waals surface area contributed by atoms with Gasteiger partial charge in [-0.3, -0.25) is 0 Å². The molecule has 0 heterocycles. The quantitative estimate of drug-likeness (QED) is 0.738. The van der Waals surface area contributed by atoms with Crippen LogP contribution >= 0.6 is 0 Å². The minimum atomic E-state index is -0.538. The number of benzene rings is 1. The van der Waals surface area contributed by atoms with Crippen molar-refractivity contribution in [3.05, 3.63) is 24.0 Å². The van der Waals surface area contributed by atoms with E-state index in [1.807, 2.05) is 0 Å². The predicted molar refractivity (Wildman–Crippen MR) is 43.8 cm³/mol. The van der Waals surface area contributed by atoms with E-state index in [0.717, 1.165) is 0 Å². The molecule has 0 aliphatic carbocycles. The number of ether oxygens (including phenoxy) is 1. The number of phenols is 1. The first-order chi connectivity index (χ1) is 5.61. The molecule has 0 aromatic heterocycles. The van der Waals surface area contributed by atoms with E-state index in [2.05, 4.69) is 0 Å². The molecule has 66 valence electrons. The number of hydrogen-bond donors (Lipinski definition) is 1. The first-order valence-corrected chi connectivity index (χ1v) is 3.75. The Morgan fingerprint density at radius 2 is 2.08 bits per heavy atom. The molecule has 0 saturated carbocycles. The Morgan fingerprint density at radius 1 is 1.42 bits per heavy atom. The molecule has 12 heavy (non-hydrogen) atoms. The van der Waals surface area contributed by atoms with Crippen molar-refractivity contribution < 1.29 is 14.2 Å². The van der Waals surface area contributed by atoms with Gasteiger partial charge in [-0.15, -0.1) is 0 Å². The van der Waals surface area contributed by atoms with Crippen LogP contribution in [0.5, 0.6) is 11.5 Å². The Balaban J connectivity index is 2.96. The summed E-state index contributed by atoms with van der Waals surface area (Å²) < 4.78 is 18.0. The van der Waals surface area contributed by atoms with Gasteiger partial charge in [0.05, 0.1) is 6.10 Å². The summed E-state index contributed by atoms with van der Waals surface area (Å²) in [6, 6.07) is 4.07. The van der Waals surface area contributed by atoms with Gasteiger partial charge in [0.15, 0.2) is 17.3 Å². The Morgan fingerprint density at radius 3 is 2.58 bits per heavy atom. The Labute approximate surface area is 70.6 Å². The maximum atomic E-state index is 12.9. The van der Waals surface area contributed by atoms with Crippen molar-refractivity contribution in [3.8, 4) is 11.5 Å². The molecular weight excluding hydrogens is 159 g/mol. The van der Waals surface area contributed by atoms with Crippen molar-refractivity contribution >= 4 is 0 Å². The summed E-state index contributed by atoms with van der Waals surface area (Å²) in [5.41, 5.74) is 0. The maximum absolute atomic E-state index is 12.9. The van der Waals surface area contributed by atoms with Crippen LogP contribution in [-0.2, 0) is 0 Å². The van der Waals surface area contributed by atoms with Gasteiger partial charge in [-0.05, 0) is 26.0 Å². The van der Waals surface area contributed by atoms with Crippen molar-refractivity contribution in [3.63, 3.8) is 0 Å². The molecule has 1 rings (SSSR count). The minimum absolute atomic E-state index is 0.0764. The number of hydrogen-bond acceptors (Lipinski definition) is 2.